The van der Waals surface area contributed by atoms with Crippen molar-refractivity contribution < 1.29 is 14.0 Å². The molecule has 1 heterocycles. The van der Waals surface area contributed by atoms with E-state index in [4.69, 9.17) is 9.47 Å². The van der Waals surface area contributed by atoms with Gasteiger partial charge in [-0.25, -0.2) is 0 Å². The van der Waals surface area contributed by atoms with Crippen LogP contribution in [0.25, 0.3) is 0 Å². The third kappa shape index (κ3) is 1.84. The van der Waals surface area contributed by atoms with Crippen molar-refractivity contribution in [3.63, 3.8) is 0 Å². The molecule has 4 heteroatoms. The molecule has 0 bridgehead atoms. The molecule has 0 spiro atoms. The highest BCUT2D eigenvalue weighted by Crippen LogP contribution is 2.39. The molecule has 0 aromatic heterocycles. The van der Waals surface area contributed by atoms with Gasteiger partial charge in [-0.3, -0.25) is 0 Å². The molecule has 17 heavy (non-hydrogen) atoms. The summed E-state index contributed by atoms with van der Waals surface area (Å²) < 4.78 is 12.8. The molecule has 1 atom stereocenters. The van der Waals surface area contributed by atoms with Crippen LogP contribution < -0.4 is 14.8 Å². The summed E-state index contributed by atoms with van der Waals surface area (Å²) in [5.41, 5.74) is 3.46. The lowest BCUT2D eigenvalue weighted by Gasteiger charge is -2.22. The number of hydrogen-bond acceptors (Lipinski definition) is 3. The van der Waals surface area contributed by atoms with Gasteiger partial charge in [0.05, 0.1) is 20.3 Å². The summed E-state index contributed by atoms with van der Waals surface area (Å²) in [6, 6.07) is 4.30. The minimum Gasteiger partial charge on any atom is -0.493 e. The molecule has 0 aliphatic carbocycles. The smallest absolute Gasteiger partial charge is 0.232 e. The minimum atomic E-state index is 0.325. The van der Waals surface area contributed by atoms with Crippen molar-refractivity contribution in [3.8, 4) is 11.5 Å². The van der Waals surface area contributed by atoms with Crippen LogP contribution in [0.5, 0.6) is 11.5 Å². The summed E-state index contributed by atoms with van der Waals surface area (Å²) in [6.45, 7) is 4.27. The van der Waals surface area contributed by atoms with E-state index in [9.17, 15) is 0 Å². The van der Waals surface area contributed by atoms with Crippen molar-refractivity contribution in [3.05, 3.63) is 12.1 Å². The number of anilines is 1. The number of hydrogen-bond donors (Lipinski definition) is 1. The van der Waals surface area contributed by atoms with Crippen molar-refractivity contribution in [1.29, 1.82) is 0 Å². The Kier molecular flexibility index (Phi) is 2.96. The standard InChI is InChI=1S/C13H19N2O2/c1-8-9(2)15(3)11-7-13(17-5)12(16-4)6-10(11)14-8/h6-8,14H,1-5H3/q+1. The lowest BCUT2D eigenvalue weighted by molar-refractivity contribution is -0.407. The second-order valence-corrected chi connectivity index (χ2v) is 4.29. The highest BCUT2D eigenvalue weighted by atomic mass is 16.5. The first-order chi connectivity index (χ1) is 8.08. The topological polar surface area (TPSA) is 33.5 Å². The maximum Gasteiger partial charge on any atom is 0.232 e. The van der Waals surface area contributed by atoms with Gasteiger partial charge in [-0.1, -0.05) is 0 Å². The van der Waals surface area contributed by atoms with Crippen LogP contribution in [0.3, 0.4) is 0 Å². The maximum absolute atomic E-state index is 5.32. The Labute approximate surface area is 102 Å². The Balaban J connectivity index is 2.60. The van der Waals surface area contributed by atoms with E-state index in [0.29, 0.717) is 6.04 Å². The lowest BCUT2D eigenvalue weighted by atomic mass is 10.1. The van der Waals surface area contributed by atoms with Crippen LogP contribution in [0.15, 0.2) is 12.1 Å². The van der Waals surface area contributed by atoms with E-state index < -0.39 is 0 Å². The molecule has 0 radical (unpaired) electrons. The van der Waals surface area contributed by atoms with Gasteiger partial charge in [-0.05, 0) is 6.92 Å². The zero-order valence-electron chi connectivity index (χ0n) is 11.0. The van der Waals surface area contributed by atoms with E-state index in [1.54, 1.807) is 14.2 Å². The summed E-state index contributed by atoms with van der Waals surface area (Å²) in [7, 11) is 5.37. The highest BCUT2D eigenvalue weighted by molar-refractivity contribution is 5.90. The van der Waals surface area contributed by atoms with Crippen molar-refractivity contribution in [1.82, 2.24) is 0 Å². The molecular formula is C13H19N2O2+. The predicted octanol–water partition coefficient (Wildman–Crippen LogP) is 2.25. The monoisotopic (exact) mass is 235 g/mol. The van der Waals surface area contributed by atoms with Crippen LogP contribution in [0.4, 0.5) is 11.4 Å². The number of benzene rings is 1. The third-order valence-electron chi connectivity index (χ3n) is 3.39. The average molecular weight is 235 g/mol. The van der Waals surface area contributed by atoms with Gasteiger partial charge in [-0.15, -0.1) is 0 Å². The van der Waals surface area contributed by atoms with Gasteiger partial charge >= 0.3 is 0 Å². The number of rotatable bonds is 2. The zero-order valence-corrected chi connectivity index (χ0v) is 11.0. The highest BCUT2D eigenvalue weighted by Gasteiger charge is 2.27. The first kappa shape index (κ1) is 11.8. The minimum absolute atomic E-state index is 0.325. The Morgan fingerprint density at radius 3 is 2.35 bits per heavy atom. The van der Waals surface area contributed by atoms with E-state index >= 15 is 0 Å². The fraction of sp³-hybridized carbons (Fsp3) is 0.462. The molecule has 2 rings (SSSR count). The molecule has 0 amide bonds. The largest absolute Gasteiger partial charge is 0.493 e. The van der Waals surface area contributed by atoms with Gasteiger partial charge in [0, 0.05) is 13.0 Å². The molecular weight excluding hydrogens is 216 g/mol. The zero-order chi connectivity index (χ0) is 12.6. The second-order valence-electron chi connectivity index (χ2n) is 4.29. The number of nitrogens with zero attached hydrogens (tertiary/aromatic N) is 1. The van der Waals surface area contributed by atoms with E-state index in [-0.39, 0.29) is 0 Å². The number of ether oxygens (including phenoxy) is 2. The molecule has 1 aromatic rings. The summed E-state index contributed by atoms with van der Waals surface area (Å²) in [6.07, 6.45) is 0. The van der Waals surface area contributed by atoms with E-state index in [1.807, 2.05) is 12.1 Å². The molecule has 0 saturated carbocycles. The fourth-order valence-corrected chi connectivity index (χ4v) is 2.08. The van der Waals surface area contributed by atoms with Crippen LogP contribution in [-0.2, 0) is 0 Å². The van der Waals surface area contributed by atoms with Gasteiger partial charge in [0.25, 0.3) is 0 Å². The van der Waals surface area contributed by atoms with Crippen molar-refractivity contribution >= 4 is 17.1 Å². The Bertz CT molecular complexity index is 481. The fourth-order valence-electron chi connectivity index (χ4n) is 2.08. The average Bonchev–Trinajstić information content (AvgIpc) is 2.34. The summed E-state index contributed by atoms with van der Waals surface area (Å²) >= 11 is 0. The summed E-state index contributed by atoms with van der Waals surface area (Å²) in [5.74, 6) is 1.50. The van der Waals surface area contributed by atoms with Crippen molar-refractivity contribution in [2.75, 3.05) is 26.6 Å². The Morgan fingerprint density at radius 1 is 1.18 bits per heavy atom. The Hall–Kier alpha value is -1.71. The molecule has 1 unspecified atom stereocenters. The van der Waals surface area contributed by atoms with Gasteiger partial charge in [0.2, 0.25) is 5.69 Å². The van der Waals surface area contributed by atoms with Crippen LogP contribution in [-0.4, -0.2) is 37.6 Å². The second kappa shape index (κ2) is 4.28. The molecule has 1 aliphatic heterocycles. The van der Waals surface area contributed by atoms with Gasteiger partial charge in [0.1, 0.15) is 18.8 Å². The van der Waals surface area contributed by atoms with Gasteiger partial charge in [-0.2, -0.15) is 4.58 Å². The first-order valence-electron chi connectivity index (χ1n) is 5.68. The third-order valence-corrected chi connectivity index (χ3v) is 3.39. The molecule has 92 valence electrons. The maximum atomic E-state index is 5.32. The van der Waals surface area contributed by atoms with Gasteiger partial charge < -0.3 is 14.8 Å². The molecule has 1 aliphatic rings. The molecule has 0 fully saturated rings. The quantitative estimate of drug-likeness (QED) is 0.798. The van der Waals surface area contributed by atoms with Crippen LogP contribution in [0, 0.1) is 0 Å². The molecule has 1 aromatic carbocycles. The van der Waals surface area contributed by atoms with Crippen molar-refractivity contribution in [2.24, 2.45) is 0 Å². The van der Waals surface area contributed by atoms with Crippen LogP contribution in [0.1, 0.15) is 13.8 Å². The number of methoxy groups -OCH3 is 2. The molecule has 4 nitrogen and oxygen atoms in total. The normalized spacial score (nSPS) is 18.5. The van der Waals surface area contributed by atoms with E-state index in [2.05, 4.69) is 30.8 Å². The number of nitrogens with one attached hydrogen (secondary N) is 1. The molecule has 0 saturated heterocycles. The van der Waals surface area contributed by atoms with Crippen LogP contribution >= 0.6 is 0 Å². The van der Waals surface area contributed by atoms with Gasteiger partial charge in [0.15, 0.2) is 17.2 Å². The number of fused-ring (bicyclic) bond motifs is 1. The SMILES string of the molecule is COc1cc2c(cc1OC)[N+](C)=C(C)C(C)N2. The van der Waals surface area contributed by atoms with E-state index in [1.165, 1.54) is 5.71 Å². The first-order valence-corrected chi connectivity index (χ1v) is 5.68. The van der Waals surface area contributed by atoms with Crippen LogP contribution in [0.2, 0.25) is 0 Å². The predicted molar refractivity (Wildman–Crippen MR) is 69.2 cm³/mol. The summed E-state index contributed by atoms with van der Waals surface area (Å²) in [5, 5.41) is 3.45. The van der Waals surface area contributed by atoms with Crippen molar-refractivity contribution in [2.45, 2.75) is 19.9 Å². The Morgan fingerprint density at radius 2 is 1.76 bits per heavy atom. The lowest BCUT2D eigenvalue weighted by Crippen LogP contribution is -2.33. The summed E-state index contributed by atoms with van der Waals surface area (Å²) in [4.78, 5) is 0. The molecule has 1 N–H and O–H groups in total. The van der Waals surface area contributed by atoms with E-state index in [0.717, 1.165) is 22.9 Å².